The van der Waals surface area contributed by atoms with Gasteiger partial charge in [0.2, 0.25) is 0 Å². The van der Waals surface area contributed by atoms with Gasteiger partial charge in [0, 0.05) is 43.1 Å². The summed E-state index contributed by atoms with van der Waals surface area (Å²) < 4.78 is 0. The maximum absolute atomic E-state index is 12.5. The molecule has 1 N–H and O–H groups in total. The van der Waals surface area contributed by atoms with Crippen molar-refractivity contribution in [1.29, 1.82) is 0 Å². The highest BCUT2D eigenvalue weighted by Crippen LogP contribution is 2.21. The molecule has 154 valence electrons. The van der Waals surface area contributed by atoms with E-state index in [4.69, 9.17) is 0 Å². The molecule has 0 bridgehead atoms. The summed E-state index contributed by atoms with van der Waals surface area (Å²) in [5.41, 5.74) is 4.81. The molecule has 0 saturated carbocycles. The Morgan fingerprint density at radius 3 is 2.27 bits per heavy atom. The second-order valence-electron chi connectivity index (χ2n) is 7.56. The van der Waals surface area contributed by atoms with E-state index in [-0.39, 0.29) is 11.8 Å². The van der Waals surface area contributed by atoms with Crippen LogP contribution < -0.4 is 10.2 Å². The van der Waals surface area contributed by atoms with Gasteiger partial charge in [-0.05, 0) is 72.8 Å². The van der Waals surface area contributed by atoms with Crippen LogP contribution in [0.3, 0.4) is 0 Å². The Labute approximate surface area is 180 Å². The maximum atomic E-state index is 12.5. The zero-order chi connectivity index (χ0) is 21.1. The van der Waals surface area contributed by atoms with E-state index < -0.39 is 0 Å². The van der Waals surface area contributed by atoms with Crippen LogP contribution in [0.25, 0.3) is 0 Å². The summed E-state index contributed by atoms with van der Waals surface area (Å²) >= 11 is 1.49. The number of benzene rings is 2. The third-order valence-corrected chi connectivity index (χ3v) is 6.42. The number of amides is 2. The molecular formula is C24H25N3O2S. The molecule has 0 atom stereocenters. The van der Waals surface area contributed by atoms with Gasteiger partial charge in [0.05, 0.1) is 4.88 Å². The van der Waals surface area contributed by atoms with E-state index in [0.717, 1.165) is 34.9 Å². The largest absolute Gasteiger partial charge is 0.368 e. The summed E-state index contributed by atoms with van der Waals surface area (Å²) in [5.74, 6) is 0.0145. The molecule has 6 heteroatoms. The molecule has 4 rings (SSSR count). The molecule has 2 amide bonds. The van der Waals surface area contributed by atoms with E-state index in [1.807, 2.05) is 78.7 Å². The van der Waals surface area contributed by atoms with E-state index in [2.05, 4.69) is 10.2 Å². The van der Waals surface area contributed by atoms with E-state index >= 15 is 0 Å². The van der Waals surface area contributed by atoms with E-state index in [1.54, 1.807) is 0 Å². The summed E-state index contributed by atoms with van der Waals surface area (Å²) in [4.78, 5) is 30.0. The number of nitrogens with one attached hydrogen (secondary N) is 1. The van der Waals surface area contributed by atoms with Crippen LogP contribution in [-0.2, 0) is 0 Å². The van der Waals surface area contributed by atoms with Gasteiger partial charge in [-0.25, -0.2) is 0 Å². The van der Waals surface area contributed by atoms with Crippen molar-refractivity contribution < 1.29 is 9.59 Å². The third-order valence-electron chi connectivity index (χ3n) is 5.56. The summed E-state index contributed by atoms with van der Waals surface area (Å²) in [5, 5.41) is 4.90. The second-order valence-corrected chi connectivity index (χ2v) is 8.50. The number of hydrogen-bond donors (Lipinski definition) is 1. The molecule has 0 unspecified atom stereocenters. The lowest BCUT2D eigenvalue weighted by Crippen LogP contribution is -2.48. The fourth-order valence-corrected chi connectivity index (χ4v) is 4.26. The quantitative estimate of drug-likeness (QED) is 0.673. The SMILES string of the molecule is Cc1ccc(C(=O)Nc2ccc(N3CCN(C(=O)c4cccs4)CC3)cc2)cc1C. The molecule has 1 aromatic heterocycles. The molecule has 1 fully saturated rings. The van der Waals surface area contributed by atoms with Crippen molar-refractivity contribution in [3.8, 4) is 0 Å². The van der Waals surface area contributed by atoms with E-state index in [0.29, 0.717) is 18.7 Å². The Bertz CT molecular complexity index is 1040. The van der Waals surface area contributed by atoms with Crippen molar-refractivity contribution in [3.05, 3.63) is 81.5 Å². The smallest absolute Gasteiger partial charge is 0.264 e. The van der Waals surface area contributed by atoms with Gasteiger partial charge < -0.3 is 15.1 Å². The predicted molar refractivity (Wildman–Crippen MR) is 123 cm³/mol. The van der Waals surface area contributed by atoms with Gasteiger partial charge in [0.1, 0.15) is 0 Å². The number of rotatable bonds is 4. The standard InChI is InChI=1S/C24H25N3O2S/c1-17-5-6-19(16-18(17)2)23(28)25-20-7-9-21(10-8-20)26-11-13-27(14-12-26)24(29)22-4-3-15-30-22/h3-10,15-16H,11-14H2,1-2H3,(H,25,28). The van der Waals surface area contributed by atoms with Gasteiger partial charge in [-0.15, -0.1) is 11.3 Å². The highest BCUT2D eigenvalue weighted by molar-refractivity contribution is 7.12. The number of anilines is 2. The molecule has 0 spiro atoms. The maximum Gasteiger partial charge on any atom is 0.264 e. The number of aryl methyl sites for hydroxylation is 2. The summed E-state index contributed by atoms with van der Waals surface area (Å²) in [7, 11) is 0. The van der Waals surface area contributed by atoms with Gasteiger partial charge >= 0.3 is 0 Å². The lowest BCUT2D eigenvalue weighted by molar-refractivity contribution is 0.0751. The monoisotopic (exact) mass is 419 g/mol. The Hall–Kier alpha value is -3.12. The van der Waals surface area contributed by atoms with Gasteiger partial charge in [0.25, 0.3) is 11.8 Å². The normalized spacial score (nSPS) is 13.9. The van der Waals surface area contributed by atoms with Crippen LogP contribution in [0, 0.1) is 13.8 Å². The van der Waals surface area contributed by atoms with Gasteiger partial charge in [-0.2, -0.15) is 0 Å². The Morgan fingerprint density at radius 1 is 0.900 bits per heavy atom. The summed E-state index contributed by atoms with van der Waals surface area (Å²) in [6.45, 7) is 7.06. The minimum Gasteiger partial charge on any atom is -0.368 e. The topological polar surface area (TPSA) is 52.7 Å². The molecule has 2 heterocycles. The van der Waals surface area contributed by atoms with E-state index in [9.17, 15) is 9.59 Å². The first-order valence-electron chi connectivity index (χ1n) is 10.1. The van der Waals surface area contributed by atoms with Crippen molar-refractivity contribution in [2.24, 2.45) is 0 Å². The average molecular weight is 420 g/mol. The number of nitrogens with zero attached hydrogens (tertiary/aromatic N) is 2. The van der Waals surface area contributed by atoms with Crippen LogP contribution in [-0.4, -0.2) is 42.9 Å². The fraction of sp³-hybridized carbons (Fsp3) is 0.250. The number of thiophene rings is 1. The first-order valence-corrected chi connectivity index (χ1v) is 11.0. The molecule has 5 nitrogen and oxygen atoms in total. The Balaban J connectivity index is 1.34. The molecule has 1 aliphatic heterocycles. The Morgan fingerprint density at radius 2 is 1.63 bits per heavy atom. The van der Waals surface area contributed by atoms with Crippen molar-refractivity contribution in [3.63, 3.8) is 0 Å². The number of piperazine rings is 1. The zero-order valence-electron chi connectivity index (χ0n) is 17.2. The highest BCUT2D eigenvalue weighted by Gasteiger charge is 2.22. The van der Waals surface area contributed by atoms with Crippen LogP contribution in [0.4, 0.5) is 11.4 Å². The predicted octanol–water partition coefficient (Wildman–Crippen LogP) is 4.58. The number of carbonyl (C=O) groups is 2. The van der Waals surface area contributed by atoms with Gasteiger partial charge in [0.15, 0.2) is 0 Å². The Kier molecular flexibility index (Phi) is 5.86. The first kappa shape index (κ1) is 20.2. The van der Waals surface area contributed by atoms with Crippen LogP contribution in [0.1, 0.15) is 31.2 Å². The highest BCUT2D eigenvalue weighted by atomic mass is 32.1. The van der Waals surface area contributed by atoms with E-state index in [1.165, 1.54) is 16.9 Å². The molecule has 30 heavy (non-hydrogen) atoms. The van der Waals surface area contributed by atoms with Crippen molar-refractivity contribution >= 4 is 34.5 Å². The van der Waals surface area contributed by atoms with Crippen LogP contribution in [0.15, 0.2) is 60.0 Å². The van der Waals surface area contributed by atoms with Crippen LogP contribution in [0.5, 0.6) is 0 Å². The number of carbonyl (C=O) groups excluding carboxylic acids is 2. The zero-order valence-corrected chi connectivity index (χ0v) is 18.0. The minimum absolute atomic E-state index is 0.105. The molecule has 1 aliphatic rings. The van der Waals surface area contributed by atoms with Crippen molar-refractivity contribution in [1.82, 2.24) is 4.90 Å². The molecule has 0 radical (unpaired) electrons. The lowest BCUT2D eigenvalue weighted by atomic mass is 10.1. The lowest BCUT2D eigenvalue weighted by Gasteiger charge is -2.36. The summed E-state index contributed by atoms with van der Waals surface area (Å²) in [6.07, 6.45) is 0. The van der Waals surface area contributed by atoms with Crippen LogP contribution in [0.2, 0.25) is 0 Å². The second kappa shape index (κ2) is 8.71. The fourth-order valence-electron chi connectivity index (χ4n) is 3.57. The molecule has 1 saturated heterocycles. The summed E-state index contributed by atoms with van der Waals surface area (Å²) in [6, 6.07) is 17.4. The molecule has 2 aromatic carbocycles. The van der Waals surface area contributed by atoms with Gasteiger partial charge in [-0.1, -0.05) is 12.1 Å². The minimum atomic E-state index is -0.105. The molecular weight excluding hydrogens is 394 g/mol. The van der Waals surface area contributed by atoms with Crippen molar-refractivity contribution in [2.75, 3.05) is 36.4 Å². The molecule has 0 aliphatic carbocycles. The average Bonchev–Trinajstić information content (AvgIpc) is 3.31. The number of hydrogen-bond acceptors (Lipinski definition) is 4. The van der Waals surface area contributed by atoms with Gasteiger partial charge in [-0.3, -0.25) is 9.59 Å². The first-order chi connectivity index (χ1) is 14.5. The molecule has 3 aromatic rings. The van der Waals surface area contributed by atoms with Crippen molar-refractivity contribution in [2.45, 2.75) is 13.8 Å². The third kappa shape index (κ3) is 4.39. The van der Waals surface area contributed by atoms with Crippen LogP contribution >= 0.6 is 11.3 Å².